The third kappa shape index (κ3) is 2.11. The molecule has 12 heavy (non-hydrogen) atoms. The van der Waals surface area contributed by atoms with E-state index in [4.69, 9.17) is 0 Å². The molecule has 1 aromatic carbocycles. The van der Waals surface area contributed by atoms with Crippen molar-refractivity contribution in [2.45, 2.75) is 19.6 Å². The lowest BCUT2D eigenvalue weighted by atomic mass is 10.3. The van der Waals surface area contributed by atoms with Crippen LogP contribution < -0.4 is 10.5 Å². The smallest absolute Gasteiger partial charge is 0.0775 e. The predicted molar refractivity (Wildman–Crippen MR) is 59.0 cm³/mol. The highest BCUT2D eigenvalue weighted by Gasteiger charge is 2.15. The summed E-state index contributed by atoms with van der Waals surface area (Å²) < 4.78 is 0. The summed E-state index contributed by atoms with van der Waals surface area (Å²) in [4.78, 5) is 0. The summed E-state index contributed by atoms with van der Waals surface area (Å²) in [5.41, 5.74) is 1.19. The average Bonchev–Trinajstić information content (AvgIpc) is 2.03. The maximum atomic E-state index is 3.12. The minimum absolute atomic E-state index is 1.10. The second kappa shape index (κ2) is 3.31. The largest absolute Gasteiger partial charge is 0.388 e. The fourth-order valence-corrected chi connectivity index (χ4v) is 2.30. The molecule has 0 bridgehead atoms. The van der Waals surface area contributed by atoms with E-state index in [2.05, 4.69) is 49.2 Å². The van der Waals surface area contributed by atoms with Crippen molar-refractivity contribution in [3.05, 3.63) is 24.3 Å². The predicted octanol–water partition coefficient (Wildman–Crippen LogP) is 2.27. The van der Waals surface area contributed by atoms with Gasteiger partial charge in [0.1, 0.15) is 0 Å². The van der Waals surface area contributed by atoms with E-state index in [-0.39, 0.29) is 0 Å². The number of benzene rings is 1. The Morgan fingerprint density at radius 3 is 1.83 bits per heavy atom. The summed E-state index contributed by atoms with van der Waals surface area (Å²) in [6, 6.07) is 8.76. The van der Waals surface area contributed by atoms with Crippen molar-refractivity contribution in [3.63, 3.8) is 0 Å². The standard InChI is InChI=1S/C10H17NSi/c1-11-9-5-7-10(8-6-9)12(2,3)4/h5-8,11H,1-4H3. The van der Waals surface area contributed by atoms with Gasteiger partial charge in [0, 0.05) is 12.7 Å². The molecule has 0 radical (unpaired) electrons. The molecule has 1 nitrogen and oxygen atoms in total. The summed E-state index contributed by atoms with van der Waals surface area (Å²) >= 11 is 0. The van der Waals surface area contributed by atoms with Crippen molar-refractivity contribution < 1.29 is 0 Å². The van der Waals surface area contributed by atoms with Gasteiger partial charge >= 0.3 is 0 Å². The normalized spacial score (nSPS) is 11.3. The Morgan fingerprint density at radius 2 is 1.50 bits per heavy atom. The maximum Gasteiger partial charge on any atom is 0.0775 e. The Morgan fingerprint density at radius 1 is 1.00 bits per heavy atom. The van der Waals surface area contributed by atoms with Crippen molar-refractivity contribution in [1.29, 1.82) is 0 Å². The highest BCUT2D eigenvalue weighted by molar-refractivity contribution is 6.88. The van der Waals surface area contributed by atoms with Crippen LogP contribution in [0.5, 0.6) is 0 Å². The van der Waals surface area contributed by atoms with E-state index in [0.29, 0.717) is 0 Å². The Labute approximate surface area is 75.8 Å². The monoisotopic (exact) mass is 179 g/mol. The first-order valence-corrected chi connectivity index (χ1v) is 7.82. The maximum absolute atomic E-state index is 3.12. The van der Waals surface area contributed by atoms with Gasteiger partial charge in [0.15, 0.2) is 0 Å². The van der Waals surface area contributed by atoms with Crippen LogP contribution in [0.15, 0.2) is 24.3 Å². The van der Waals surface area contributed by atoms with Gasteiger partial charge < -0.3 is 5.32 Å². The first-order valence-electron chi connectivity index (χ1n) is 4.32. The van der Waals surface area contributed by atoms with E-state index in [1.807, 2.05) is 7.05 Å². The SMILES string of the molecule is CNc1ccc([Si](C)(C)C)cc1. The van der Waals surface area contributed by atoms with Gasteiger partial charge in [-0.2, -0.15) is 0 Å². The number of rotatable bonds is 2. The summed E-state index contributed by atoms with van der Waals surface area (Å²) in [6.45, 7) is 7.09. The third-order valence-corrected chi connectivity index (χ3v) is 4.10. The first kappa shape index (κ1) is 9.33. The van der Waals surface area contributed by atoms with Crippen LogP contribution in [0.2, 0.25) is 19.6 Å². The van der Waals surface area contributed by atoms with E-state index >= 15 is 0 Å². The molecule has 1 N–H and O–H groups in total. The topological polar surface area (TPSA) is 12.0 Å². The molecule has 0 spiro atoms. The molecule has 0 aliphatic carbocycles. The number of anilines is 1. The fourth-order valence-electron chi connectivity index (χ4n) is 1.14. The van der Waals surface area contributed by atoms with Gasteiger partial charge in [0.2, 0.25) is 0 Å². The molecule has 0 saturated carbocycles. The highest BCUT2D eigenvalue weighted by Crippen LogP contribution is 2.07. The molecule has 2 heteroatoms. The number of hydrogen-bond acceptors (Lipinski definition) is 1. The van der Waals surface area contributed by atoms with Crippen molar-refractivity contribution in [1.82, 2.24) is 0 Å². The van der Waals surface area contributed by atoms with Crippen molar-refractivity contribution in [2.24, 2.45) is 0 Å². The first-order chi connectivity index (χ1) is 5.54. The van der Waals surface area contributed by atoms with Crippen LogP contribution in [0.4, 0.5) is 5.69 Å². The second-order valence-electron chi connectivity index (χ2n) is 4.08. The molecular weight excluding hydrogens is 162 g/mol. The molecule has 0 aromatic heterocycles. The van der Waals surface area contributed by atoms with E-state index in [1.54, 1.807) is 0 Å². The third-order valence-electron chi connectivity index (χ3n) is 2.04. The zero-order chi connectivity index (χ0) is 9.19. The quantitative estimate of drug-likeness (QED) is 0.687. The number of hydrogen-bond donors (Lipinski definition) is 1. The van der Waals surface area contributed by atoms with Crippen LogP contribution in [-0.4, -0.2) is 15.1 Å². The Kier molecular flexibility index (Phi) is 2.57. The Hall–Kier alpha value is -0.763. The molecule has 0 atom stereocenters. The van der Waals surface area contributed by atoms with E-state index in [0.717, 1.165) is 0 Å². The molecule has 0 aliphatic rings. The molecule has 0 fully saturated rings. The van der Waals surface area contributed by atoms with Crippen LogP contribution in [-0.2, 0) is 0 Å². The van der Waals surface area contributed by atoms with Gasteiger partial charge in [-0.15, -0.1) is 0 Å². The van der Waals surface area contributed by atoms with Crippen molar-refractivity contribution in [3.8, 4) is 0 Å². The minimum atomic E-state index is -1.10. The van der Waals surface area contributed by atoms with Crippen LogP contribution in [0, 0.1) is 0 Å². The van der Waals surface area contributed by atoms with Gasteiger partial charge in [0.25, 0.3) is 0 Å². The average molecular weight is 179 g/mol. The lowest BCUT2D eigenvalue weighted by Gasteiger charge is -2.16. The van der Waals surface area contributed by atoms with Crippen molar-refractivity contribution in [2.75, 3.05) is 12.4 Å². The van der Waals surface area contributed by atoms with Gasteiger partial charge in [-0.05, 0) is 12.1 Å². The van der Waals surface area contributed by atoms with Crippen molar-refractivity contribution >= 4 is 18.9 Å². The van der Waals surface area contributed by atoms with Crippen LogP contribution in [0.25, 0.3) is 0 Å². The van der Waals surface area contributed by atoms with E-state index in [1.165, 1.54) is 10.9 Å². The summed E-state index contributed by atoms with van der Waals surface area (Å²) in [5, 5.41) is 4.64. The van der Waals surface area contributed by atoms with E-state index in [9.17, 15) is 0 Å². The van der Waals surface area contributed by atoms with Gasteiger partial charge in [-0.25, -0.2) is 0 Å². The fraction of sp³-hybridized carbons (Fsp3) is 0.400. The molecule has 0 amide bonds. The van der Waals surface area contributed by atoms with Crippen LogP contribution in [0.1, 0.15) is 0 Å². The lowest BCUT2D eigenvalue weighted by molar-refractivity contribution is 1.52. The van der Waals surface area contributed by atoms with Gasteiger partial charge in [-0.1, -0.05) is 37.0 Å². The molecule has 1 aromatic rings. The van der Waals surface area contributed by atoms with E-state index < -0.39 is 8.07 Å². The lowest BCUT2D eigenvalue weighted by Crippen LogP contribution is -2.37. The molecule has 0 unspecified atom stereocenters. The zero-order valence-electron chi connectivity index (χ0n) is 8.31. The zero-order valence-corrected chi connectivity index (χ0v) is 9.31. The van der Waals surface area contributed by atoms with Gasteiger partial charge in [-0.3, -0.25) is 0 Å². The summed E-state index contributed by atoms with van der Waals surface area (Å²) in [7, 11) is 0.851. The Bertz CT molecular complexity index is 246. The molecule has 0 aliphatic heterocycles. The summed E-state index contributed by atoms with van der Waals surface area (Å²) in [5.74, 6) is 0. The molecule has 0 heterocycles. The molecule has 1 rings (SSSR count). The summed E-state index contributed by atoms with van der Waals surface area (Å²) in [6.07, 6.45) is 0. The van der Waals surface area contributed by atoms with Crippen LogP contribution >= 0.6 is 0 Å². The molecule has 66 valence electrons. The van der Waals surface area contributed by atoms with Gasteiger partial charge in [0.05, 0.1) is 8.07 Å². The minimum Gasteiger partial charge on any atom is -0.388 e. The highest BCUT2D eigenvalue weighted by atomic mass is 28.3. The molecular formula is C10H17NSi. The second-order valence-corrected chi connectivity index (χ2v) is 9.15. The number of nitrogens with one attached hydrogen (secondary N) is 1. The Balaban J connectivity index is 2.93. The van der Waals surface area contributed by atoms with Crippen LogP contribution in [0.3, 0.4) is 0 Å². The molecule has 0 saturated heterocycles.